The first kappa shape index (κ1) is 11.8. The normalized spacial score (nSPS) is 10.1. The molecule has 2 aromatic rings. The largest absolute Gasteiger partial charge is 0.497 e. The van der Waals surface area contributed by atoms with Gasteiger partial charge in [-0.15, -0.1) is 11.3 Å². The summed E-state index contributed by atoms with van der Waals surface area (Å²) in [6, 6.07) is 10.00. The summed E-state index contributed by atoms with van der Waals surface area (Å²) in [7, 11) is 5.24. The molecule has 0 fully saturated rings. The van der Waals surface area contributed by atoms with Crippen molar-refractivity contribution < 1.29 is 9.47 Å². The SMILES string of the molecule is CNc1ccc(-c2ccc(OC)cc2OC)s1. The number of anilines is 1. The summed E-state index contributed by atoms with van der Waals surface area (Å²) in [6.07, 6.45) is 0. The van der Waals surface area contributed by atoms with Gasteiger partial charge in [-0.2, -0.15) is 0 Å². The number of nitrogens with one attached hydrogen (secondary N) is 1. The first-order valence-electron chi connectivity index (χ1n) is 5.28. The van der Waals surface area contributed by atoms with Crippen LogP contribution in [0.15, 0.2) is 30.3 Å². The lowest BCUT2D eigenvalue weighted by molar-refractivity contribution is 0.395. The van der Waals surface area contributed by atoms with Crippen molar-refractivity contribution in [3.63, 3.8) is 0 Å². The van der Waals surface area contributed by atoms with Gasteiger partial charge in [-0.05, 0) is 24.3 Å². The smallest absolute Gasteiger partial charge is 0.131 e. The number of methoxy groups -OCH3 is 2. The number of hydrogen-bond donors (Lipinski definition) is 1. The van der Waals surface area contributed by atoms with Gasteiger partial charge in [0.2, 0.25) is 0 Å². The first-order valence-corrected chi connectivity index (χ1v) is 6.10. The third-order valence-electron chi connectivity index (χ3n) is 2.53. The predicted octanol–water partition coefficient (Wildman–Crippen LogP) is 3.47. The Morgan fingerprint density at radius 3 is 2.47 bits per heavy atom. The average Bonchev–Trinajstić information content (AvgIpc) is 2.86. The van der Waals surface area contributed by atoms with E-state index in [1.54, 1.807) is 25.6 Å². The Labute approximate surface area is 105 Å². The van der Waals surface area contributed by atoms with Crippen LogP contribution >= 0.6 is 11.3 Å². The lowest BCUT2D eigenvalue weighted by Crippen LogP contribution is -1.89. The van der Waals surface area contributed by atoms with Crippen LogP contribution < -0.4 is 14.8 Å². The van der Waals surface area contributed by atoms with Gasteiger partial charge < -0.3 is 14.8 Å². The van der Waals surface area contributed by atoms with Crippen molar-refractivity contribution in [1.29, 1.82) is 0 Å². The Balaban J connectivity index is 2.43. The monoisotopic (exact) mass is 249 g/mol. The number of rotatable bonds is 4. The fourth-order valence-corrected chi connectivity index (χ4v) is 2.51. The van der Waals surface area contributed by atoms with Crippen LogP contribution in [-0.2, 0) is 0 Å². The average molecular weight is 249 g/mol. The highest BCUT2D eigenvalue weighted by Gasteiger charge is 2.09. The minimum Gasteiger partial charge on any atom is -0.497 e. The van der Waals surface area contributed by atoms with Gasteiger partial charge in [-0.3, -0.25) is 0 Å². The number of ether oxygens (including phenoxy) is 2. The zero-order valence-corrected chi connectivity index (χ0v) is 10.9. The molecule has 0 saturated heterocycles. The predicted molar refractivity (Wildman–Crippen MR) is 72.4 cm³/mol. The van der Waals surface area contributed by atoms with E-state index in [4.69, 9.17) is 9.47 Å². The van der Waals surface area contributed by atoms with Crippen LogP contribution in [0.1, 0.15) is 0 Å². The van der Waals surface area contributed by atoms with E-state index in [2.05, 4.69) is 17.4 Å². The van der Waals surface area contributed by atoms with Crippen LogP contribution in [0.4, 0.5) is 5.00 Å². The molecule has 1 aromatic carbocycles. The van der Waals surface area contributed by atoms with Crippen LogP contribution in [0.5, 0.6) is 11.5 Å². The molecule has 3 nitrogen and oxygen atoms in total. The molecule has 0 spiro atoms. The second-order valence-corrected chi connectivity index (χ2v) is 4.56. The highest BCUT2D eigenvalue weighted by Crippen LogP contribution is 2.38. The fraction of sp³-hybridized carbons (Fsp3) is 0.231. The summed E-state index contributed by atoms with van der Waals surface area (Å²) in [4.78, 5) is 1.17. The fourth-order valence-electron chi connectivity index (χ4n) is 1.62. The Bertz CT molecular complexity index is 508. The van der Waals surface area contributed by atoms with Crippen molar-refractivity contribution in [2.45, 2.75) is 0 Å². The van der Waals surface area contributed by atoms with Crippen molar-refractivity contribution in [1.82, 2.24) is 0 Å². The molecule has 0 aliphatic carbocycles. The van der Waals surface area contributed by atoms with Crippen molar-refractivity contribution in [3.05, 3.63) is 30.3 Å². The summed E-state index contributed by atoms with van der Waals surface area (Å²) in [6.45, 7) is 0. The zero-order valence-electron chi connectivity index (χ0n) is 10.1. The third kappa shape index (κ3) is 2.36. The standard InChI is InChI=1S/C13H15NO2S/c1-14-13-7-6-12(17-13)10-5-4-9(15-2)8-11(10)16-3/h4-8,14H,1-3H3. The van der Waals surface area contributed by atoms with E-state index in [9.17, 15) is 0 Å². The van der Waals surface area contributed by atoms with Gasteiger partial charge in [0.1, 0.15) is 11.5 Å². The van der Waals surface area contributed by atoms with E-state index >= 15 is 0 Å². The Morgan fingerprint density at radius 1 is 1.06 bits per heavy atom. The zero-order chi connectivity index (χ0) is 12.3. The number of benzene rings is 1. The van der Waals surface area contributed by atoms with Gasteiger partial charge in [0.05, 0.1) is 19.2 Å². The van der Waals surface area contributed by atoms with Crippen LogP contribution in [0.3, 0.4) is 0 Å². The van der Waals surface area contributed by atoms with Crippen molar-refractivity contribution in [2.24, 2.45) is 0 Å². The second kappa shape index (κ2) is 5.10. The van der Waals surface area contributed by atoms with Crippen LogP contribution in [0, 0.1) is 0 Å². The topological polar surface area (TPSA) is 30.5 Å². The van der Waals surface area contributed by atoms with Crippen LogP contribution in [-0.4, -0.2) is 21.3 Å². The van der Waals surface area contributed by atoms with E-state index in [-0.39, 0.29) is 0 Å². The molecule has 17 heavy (non-hydrogen) atoms. The molecule has 1 aromatic heterocycles. The van der Waals surface area contributed by atoms with Crippen molar-refractivity contribution in [3.8, 4) is 21.9 Å². The molecular formula is C13H15NO2S. The highest BCUT2D eigenvalue weighted by molar-refractivity contribution is 7.19. The molecule has 0 saturated carbocycles. The molecule has 0 aliphatic rings. The molecule has 2 rings (SSSR count). The maximum absolute atomic E-state index is 5.39. The molecule has 4 heteroatoms. The van der Waals surface area contributed by atoms with Gasteiger partial charge in [-0.1, -0.05) is 0 Å². The van der Waals surface area contributed by atoms with Gasteiger partial charge in [-0.25, -0.2) is 0 Å². The summed E-state index contributed by atoms with van der Waals surface area (Å²) in [5.41, 5.74) is 1.08. The van der Waals surface area contributed by atoms with Gasteiger partial charge >= 0.3 is 0 Å². The molecule has 1 heterocycles. The van der Waals surface area contributed by atoms with E-state index in [0.717, 1.165) is 22.1 Å². The molecule has 0 atom stereocenters. The van der Waals surface area contributed by atoms with E-state index in [0.29, 0.717) is 0 Å². The van der Waals surface area contributed by atoms with Gasteiger partial charge in [0, 0.05) is 23.6 Å². The van der Waals surface area contributed by atoms with Gasteiger partial charge in [0.25, 0.3) is 0 Å². The number of hydrogen-bond acceptors (Lipinski definition) is 4. The Kier molecular flexibility index (Phi) is 3.54. The summed E-state index contributed by atoms with van der Waals surface area (Å²) in [5, 5.41) is 4.27. The molecule has 1 N–H and O–H groups in total. The molecule has 0 bridgehead atoms. The molecular weight excluding hydrogens is 234 g/mol. The first-order chi connectivity index (χ1) is 8.28. The summed E-state index contributed by atoms with van der Waals surface area (Å²) in [5.74, 6) is 1.63. The minimum atomic E-state index is 0.802. The quantitative estimate of drug-likeness (QED) is 0.900. The van der Waals surface area contributed by atoms with Crippen molar-refractivity contribution >= 4 is 16.3 Å². The lowest BCUT2D eigenvalue weighted by atomic mass is 10.1. The maximum atomic E-state index is 5.39. The number of thiophene rings is 1. The molecule has 0 aliphatic heterocycles. The minimum absolute atomic E-state index is 0.802. The van der Waals surface area contributed by atoms with E-state index in [1.807, 2.05) is 25.2 Å². The molecule has 0 amide bonds. The summed E-state index contributed by atoms with van der Waals surface area (Å²) >= 11 is 1.70. The molecule has 0 unspecified atom stereocenters. The van der Waals surface area contributed by atoms with Crippen LogP contribution in [0.25, 0.3) is 10.4 Å². The molecule has 0 radical (unpaired) electrons. The van der Waals surface area contributed by atoms with Crippen LogP contribution in [0.2, 0.25) is 0 Å². The second-order valence-electron chi connectivity index (χ2n) is 3.48. The van der Waals surface area contributed by atoms with Gasteiger partial charge in [0.15, 0.2) is 0 Å². The van der Waals surface area contributed by atoms with Crippen molar-refractivity contribution in [2.75, 3.05) is 26.6 Å². The Morgan fingerprint density at radius 2 is 1.88 bits per heavy atom. The molecule has 90 valence electrons. The van der Waals surface area contributed by atoms with E-state index < -0.39 is 0 Å². The third-order valence-corrected chi connectivity index (χ3v) is 3.66. The summed E-state index contributed by atoms with van der Waals surface area (Å²) < 4.78 is 10.6. The Hall–Kier alpha value is -1.68. The highest BCUT2D eigenvalue weighted by atomic mass is 32.1. The lowest BCUT2D eigenvalue weighted by Gasteiger charge is -2.08. The van der Waals surface area contributed by atoms with E-state index in [1.165, 1.54) is 4.88 Å². The maximum Gasteiger partial charge on any atom is 0.131 e.